The second kappa shape index (κ2) is 26.6. The Kier molecular flexibility index (Phi) is 26.1. The number of unbranched alkanes of at least 4 members (excludes halogenated alkanes) is 13. The molecule has 0 amide bonds. The van der Waals surface area contributed by atoms with Gasteiger partial charge in [0.15, 0.2) is 0 Å². The first-order valence-corrected chi connectivity index (χ1v) is 14.2. The van der Waals surface area contributed by atoms with E-state index in [1.807, 2.05) is 0 Å². The third-order valence-electron chi connectivity index (χ3n) is 6.41. The van der Waals surface area contributed by atoms with E-state index in [1.54, 1.807) is 0 Å². The topological polar surface area (TPSA) is 58.6 Å². The molecule has 0 radical (unpaired) electrons. The normalized spacial score (nSPS) is 12.2. The molecule has 0 bridgehead atoms. The molecular weight excluding hydrogens is 398 g/mol. The Morgan fingerprint density at radius 2 is 1.19 bits per heavy atom. The highest BCUT2D eigenvalue weighted by Crippen LogP contribution is 2.22. The van der Waals surface area contributed by atoms with E-state index in [4.69, 9.17) is 9.84 Å². The molecule has 0 saturated carbocycles. The molecule has 0 aliphatic rings. The van der Waals surface area contributed by atoms with Gasteiger partial charge in [-0.2, -0.15) is 0 Å². The van der Waals surface area contributed by atoms with Crippen LogP contribution in [-0.2, 0) is 9.53 Å². The smallest absolute Gasteiger partial charge is 0.306 e. The first-order valence-electron chi connectivity index (χ1n) is 14.2. The fraction of sp³-hybridized carbons (Fsp3) is 0.964. The zero-order chi connectivity index (χ0) is 23.5. The molecule has 32 heavy (non-hydrogen) atoms. The second-order valence-electron chi connectivity index (χ2n) is 9.64. The number of esters is 1. The van der Waals surface area contributed by atoms with Gasteiger partial charge in [0.2, 0.25) is 0 Å². The third kappa shape index (κ3) is 24.0. The van der Waals surface area contributed by atoms with Crippen molar-refractivity contribution < 1.29 is 14.6 Å². The van der Waals surface area contributed by atoms with Crippen LogP contribution in [0.5, 0.6) is 0 Å². The minimum Gasteiger partial charge on any atom is -0.466 e. The Bertz CT molecular complexity index is 376. The van der Waals surface area contributed by atoms with Crippen molar-refractivity contribution in [3.63, 3.8) is 0 Å². The van der Waals surface area contributed by atoms with Crippen LogP contribution in [0.3, 0.4) is 0 Å². The van der Waals surface area contributed by atoms with E-state index in [2.05, 4.69) is 19.2 Å². The molecule has 0 aliphatic heterocycles. The van der Waals surface area contributed by atoms with E-state index in [9.17, 15) is 4.79 Å². The number of hydrogen-bond donors (Lipinski definition) is 2. The monoisotopic (exact) mass is 455 g/mol. The van der Waals surface area contributed by atoms with Crippen LogP contribution in [-0.4, -0.2) is 37.4 Å². The molecule has 1 unspecified atom stereocenters. The molecular formula is C28H57NO3. The molecule has 1 atom stereocenters. The van der Waals surface area contributed by atoms with E-state index in [1.165, 1.54) is 89.9 Å². The van der Waals surface area contributed by atoms with Crippen LogP contribution in [0.4, 0.5) is 0 Å². The number of aliphatic hydroxyl groups excluding tert-OH is 1. The van der Waals surface area contributed by atoms with Gasteiger partial charge >= 0.3 is 5.97 Å². The molecule has 0 aromatic heterocycles. The van der Waals surface area contributed by atoms with Gasteiger partial charge in [0.05, 0.1) is 6.61 Å². The van der Waals surface area contributed by atoms with Gasteiger partial charge in [-0.1, -0.05) is 90.9 Å². The Morgan fingerprint density at radius 1 is 0.688 bits per heavy atom. The predicted octanol–water partition coefficient (Wildman–Crippen LogP) is 7.57. The standard InChI is InChI=1S/C28H57NO3/c1-3-5-7-9-10-15-21-27(20-14-8-6-4-2)26-28(31)32-25-19-12-11-16-22-29-23-17-13-18-24-30/h27,29-30H,3-26H2,1-2H3. The van der Waals surface area contributed by atoms with Crippen LogP contribution in [0.25, 0.3) is 0 Å². The summed E-state index contributed by atoms with van der Waals surface area (Å²) in [5, 5.41) is 12.2. The van der Waals surface area contributed by atoms with Gasteiger partial charge in [0, 0.05) is 13.0 Å². The van der Waals surface area contributed by atoms with Crippen molar-refractivity contribution in [1.29, 1.82) is 0 Å². The molecule has 0 rings (SSSR count). The zero-order valence-corrected chi connectivity index (χ0v) is 21.8. The fourth-order valence-electron chi connectivity index (χ4n) is 4.27. The minimum atomic E-state index is 0.0287. The van der Waals surface area contributed by atoms with Crippen LogP contribution in [0.1, 0.15) is 142 Å². The summed E-state index contributed by atoms with van der Waals surface area (Å²) in [6, 6.07) is 0. The summed E-state index contributed by atoms with van der Waals surface area (Å²) in [6.45, 7) is 7.53. The molecule has 0 fully saturated rings. The third-order valence-corrected chi connectivity index (χ3v) is 6.41. The highest BCUT2D eigenvalue weighted by molar-refractivity contribution is 5.69. The van der Waals surface area contributed by atoms with Gasteiger partial charge in [-0.05, 0) is 64.0 Å². The van der Waals surface area contributed by atoms with Crippen molar-refractivity contribution >= 4 is 5.97 Å². The molecule has 192 valence electrons. The van der Waals surface area contributed by atoms with Crippen LogP contribution < -0.4 is 5.32 Å². The van der Waals surface area contributed by atoms with Gasteiger partial charge in [0.25, 0.3) is 0 Å². The van der Waals surface area contributed by atoms with Crippen molar-refractivity contribution in [1.82, 2.24) is 5.32 Å². The van der Waals surface area contributed by atoms with Crippen molar-refractivity contribution in [3.8, 4) is 0 Å². The van der Waals surface area contributed by atoms with Gasteiger partial charge in [-0.25, -0.2) is 0 Å². The number of hydrogen-bond acceptors (Lipinski definition) is 4. The summed E-state index contributed by atoms with van der Waals surface area (Å²) in [6.07, 6.45) is 23.8. The van der Waals surface area contributed by atoms with Crippen molar-refractivity contribution in [2.75, 3.05) is 26.3 Å². The largest absolute Gasteiger partial charge is 0.466 e. The summed E-state index contributed by atoms with van der Waals surface area (Å²) >= 11 is 0. The molecule has 0 aromatic rings. The molecule has 0 aliphatic carbocycles. The minimum absolute atomic E-state index is 0.0287. The maximum absolute atomic E-state index is 12.4. The summed E-state index contributed by atoms with van der Waals surface area (Å²) in [7, 11) is 0. The van der Waals surface area contributed by atoms with Gasteiger partial charge in [-0.3, -0.25) is 4.79 Å². The predicted molar refractivity (Wildman–Crippen MR) is 138 cm³/mol. The summed E-state index contributed by atoms with van der Waals surface area (Å²) in [5.74, 6) is 0.551. The molecule has 2 N–H and O–H groups in total. The van der Waals surface area contributed by atoms with E-state index in [-0.39, 0.29) is 5.97 Å². The quantitative estimate of drug-likeness (QED) is 0.104. The van der Waals surface area contributed by atoms with Crippen molar-refractivity contribution in [2.24, 2.45) is 5.92 Å². The van der Waals surface area contributed by atoms with Crippen molar-refractivity contribution in [3.05, 3.63) is 0 Å². The fourth-order valence-corrected chi connectivity index (χ4v) is 4.27. The number of aliphatic hydroxyl groups is 1. The van der Waals surface area contributed by atoms with Crippen LogP contribution in [0, 0.1) is 5.92 Å². The van der Waals surface area contributed by atoms with E-state index in [0.29, 0.717) is 25.6 Å². The van der Waals surface area contributed by atoms with E-state index >= 15 is 0 Å². The van der Waals surface area contributed by atoms with E-state index < -0.39 is 0 Å². The zero-order valence-electron chi connectivity index (χ0n) is 21.8. The molecule has 4 nitrogen and oxygen atoms in total. The maximum Gasteiger partial charge on any atom is 0.306 e. The SMILES string of the molecule is CCCCCCCCC(CCCCCC)CC(=O)OCCCCCCNCCCCCO. The molecule has 0 heterocycles. The average molecular weight is 456 g/mol. The van der Waals surface area contributed by atoms with Crippen molar-refractivity contribution in [2.45, 2.75) is 142 Å². The summed E-state index contributed by atoms with van der Waals surface area (Å²) < 4.78 is 5.57. The lowest BCUT2D eigenvalue weighted by Gasteiger charge is -2.16. The lowest BCUT2D eigenvalue weighted by atomic mass is 9.91. The number of carbonyl (C=O) groups excluding carboxylic acids is 1. The van der Waals surface area contributed by atoms with Crippen LogP contribution in [0.15, 0.2) is 0 Å². The number of rotatable bonds is 26. The lowest BCUT2D eigenvalue weighted by Crippen LogP contribution is -2.16. The maximum atomic E-state index is 12.4. The molecule has 0 aromatic carbocycles. The molecule has 4 heteroatoms. The number of ether oxygens (including phenoxy) is 1. The first kappa shape index (κ1) is 31.4. The Hall–Kier alpha value is -0.610. The second-order valence-corrected chi connectivity index (χ2v) is 9.64. The Morgan fingerprint density at radius 3 is 1.81 bits per heavy atom. The van der Waals surface area contributed by atoms with Crippen LogP contribution >= 0.6 is 0 Å². The van der Waals surface area contributed by atoms with Gasteiger partial charge in [-0.15, -0.1) is 0 Å². The van der Waals surface area contributed by atoms with Gasteiger partial charge < -0.3 is 15.2 Å². The average Bonchev–Trinajstić information content (AvgIpc) is 2.79. The Labute approximate surface area is 200 Å². The first-order chi connectivity index (χ1) is 15.7. The van der Waals surface area contributed by atoms with E-state index in [0.717, 1.165) is 45.2 Å². The molecule has 0 spiro atoms. The van der Waals surface area contributed by atoms with Crippen LogP contribution in [0.2, 0.25) is 0 Å². The number of nitrogens with one attached hydrogen (secondary N) is 1. The summed E-state index contributed by atoms with van der Waals surface area (Å²) in [4.78, 5) is 12.4. The highest BCUT2D eigenvalue weighted by atomic mass is 16.5. The molecule has 0 saturated heterocycles. The Balaban J connectivity index is 3.77. The van der Waals surface area contributed by atoms with Gasteiger partial charge in [0.1, 0.15) is 0 Å². The number of carbonyl (C=O) groups is 1. The summed E-state index contributed by atoms with van der Waals surface area (Å²) in [5.41, 5.74) is 0. The lowest BCUT2D eigenvalue weighted by molar-refractivity contribution is -0.145. The highest BCUT2D eigenvalue weighted by Gasteiger charge is 2.14.